The van der Waals surface area contributed by atoms with Gasteiger partial charge in [-0.25, -0.2) is 4.98 Å². The van der Waals surface area contributed by atoms with Crippen LogP contribution in [-0.4, -0.2) is 9.19 Å². The van der Waals surface area contributed by atoms with Crippen molar-refractivity contribution in [3.8, 4) is 11.5 Å². The molecule has 3 nitrogen and oxygen atoms in total. The van der Waals surface area contributed by atoms with E-state index in [0.717, 1.165) is 5.56 Å². The molecule has 0 amide bonds. The molecular formula is C17H14ClNO2S. The summed E-state index contributed by atoms with van der Waals surface area (Å²) in [5, 5.41) is 0.577. The van der Waals surface area contributed by atoms with Crippen LogP contribution in [0.4, 0.5) is 0 Å². The summed E-state index contributed by atoms with van der Waals surface area (Å²) >= 11 is 5.94. The van der Waals surface area contributed by atoms with Crippen molar-refractivity contribution in [1.29, 1.82) is 0 Å². The normalized spacial score (nSPS) is 12.3. The monoisotopic (exact) mass is 331 g/mol. The third kappa shape index (κ3) is 3.29. The summed E-state index contributed by atoms with van der Waals surface area (Å²) in [6.45, 7) is 1.84. The van der Waals surface area contributed by atoms with Gasteiger partial charge in [0.15, 0.2) is 0 Å². The number of rotatable bonds is 4. The summed E-state index contributed by atoms with van der Waals surface area (Å²) < 4.78 is 18.1. The van der Waals surface area contributed by atoms with Crippen LogP contribution in [-0.2, 0) is 16.6 Å². The molecule has 0 bridgehead atoms. The second-order valence-electron chi connectivity index (χ2n) is 4.84. The Bertz CT molecular complexity index is 815. The summed E-state index contributed by atoms with van der Waals surface area (Å²) in [6.07, 6.45) is 0. The molecule has 22 heavy (non-hydrogen) atoms. The maximum absolute atomic E-state index is 12.4. The lowest BCUT2D eigenvalue weighted by atomic mass is 10.2. The van der Waals surface area contributed by atoms with Crippen LogP contribution in [0.15, 0.2) is 63.9 Å². The molecule has 0 aliphatic rings. The fourth-order valence-electron chi connectivity index (χ4n) is 2.08. The van der Waals surface area contributed by atoms with Gasteiger partial charge in [-0.3, -0.25) is 4.21 Å². The molecule has 3 aromatic rings. The fourth-order valence-corrected chi connectivity index (χ4v) is 3.51. The highest BCUT2D eigenvalue weighted by Crippen LogP contribution is 2.24. The van der Waals surface area contributed by atoms with E-state index in [4.69, 9.17) is 16.0 Å². The van der Waals surface area contributed by atoms with Crippen LogP contribution in [0, 0.1) is 6.92 Å². The minimum Gasteiger partial charge on any atom is -0.441 e. The molecular weight excluding hydrogens is 318 g/mol. The van der Waals surface area contributed by atoms with Gasteiger partial charge in [0, 0.05) is 15.5 Å². The van der Waals surface area contributed by atoms with Crippen LogP contribution in [0.25, 0.3) is 11.5 Å². The number of hydrogen-bond donors (Lipinski definition) is 0. The van der Waals surface area contributed by atoms with Gasteiger partial charge in [0.05, 0.1) is 22.2 Å². The number of hydrogen-bond acceptors (Lipinski definition) is 3. The van der Waals surface area contributed by atoms with Gasteiger partial charge in [0.1, 0.15) is 5.76 Å². The first-order valence-electron chi connectivity index (χ1n) is 6.79. The van der Waals surface area contributed by atoms with E-state index in [2.05, 4.69) is 4.98 Å². The Kier molecular flexibility index (Phi) is 4.41. The van der Waals surface area contributed by atoms with Crippen LogP contribution >= 0.6 is 11.6 Å². The molecule has 3 rings (SSSR count). The SMILES string of the molecule is Cc1oc(-c2ccccc2)nc1CS(=O)c1cccc(Cl)c1. The number of nitrogens with zero attached hydrogens (tertiary/aromatic N) is 1. The van der Waals surface area contributed by atoms with Gasteiger partial charge in [0.2, 0.25) is 5.89 Å². The van der Waals surface area contributed by atoms with Crippen LogP contribution < -0.4 is 0 Å². The summed E-state index contributed by atoms with van der Waals surface area (Å²) in [6, 6.07) is 16.7. The number of halogens is 1. The highest BCUT2D eigenvalue weighted by molar-refractivity contribution is 7.84. The fraction of sp³-hybridized carbons (Fsp3) is 0.118. The van der Waals surface area contributed by atoms with Crippen molar-refractivity contribution >= 4 is 22.4 Å². The Morgan fingerprint density at radius 3 is 2.64 bits per heavy atom. The van der Waals surface area contributed by atoms with Gasteiger partial charge < -0.3 is 4.42 Å². The molecule has 0 saturated heterocycles. The molecule has 1 aromatic heterocycles. The molecule has 1 heterocycles. The molecule has 1 atom stereocenters. The van der Waals surface area contributed by atoms with Crippen molar-refractivity contribution in [2.45, 2.75) is 17.6 Å². The van der Waals surface area contributed by atoms with Crippen molar-refractivity contribution in [2.24, 2.45) is 0 Å². The second kappa shape index (κ2) is 6.46. The molecule has 0 radical (unpaired) electrons. The molecule has 0 aliphatic carbocycles. The number of benzene rings is 2. The van der Waals surface area contributed by atoms with E-state index in [1.54, 1.807) is 24.3 Å². The summed E-state index contributed by atoms with van der Waals surface area (Å²) in [4.78, 5) is 5.17. The smallest absolute Gasteiger partial charge is 0.226 e. The number of aromatic nitrogens is 1. The highest BCUT2D eigenvalue weighted by Gasteiger charge is 2.15. The van der Waals surface area contributed by atoms with Crippen molar-refractivity contribution < 1.29 is 8.63 Å². The molecule has 2 aromatic carbocycles. The number of aryl methyl sites for hydroxylation is 1. The van der Waals surface area contributed by atoms with Gasteiger partial charge in [-0.05, 0) is 37.3 Å². The van der Waals surface area contributed by atoms with Gasteiger partial charge in [-0.1, -0.05) is 35.9 Å². The largest absolute Gasteiger partial charge is 0.441 e. The molecule has 0 saturated carbocycles. The van der Waals surface area contributed by atoms with Crippen molar-refractivity contribution in [3.05, 3.63) is 71.1 Å². The lowest BCUT2D eigenvalue weighted by Crippen LogP contribution is -1.98. The quantitative estimate of drug-likeness (QED) is 0.701. The standard InChI is InChI=1S/C17H14ClNO2S/c1-12-16(11-22(20)15-9-5-8-14(18)10-15)19-17(21-12)13-6-3-2-4-7-13/h2-10H,11H2,1H3. The van der Waals surface area contributed by atoms with Gasteiger partial charge >= 0.3 is 0 Å². The first kappa shape index (κ1) is 15.0. The van der Waals surface area contributed by atoms with Crippen LogP contribution in [0.3, 0.4) is 0 Å². The molecule has 112 valence electrons. The molecule has 0 spiro atoms. The zero-order chi connectivity index (χ0) is 15.5. The molecule has 0 fully saturated rings. The third-order valence-corrected chi connectivity index (χ3v) is 4.79. The Hall–Kier alpha value is -1.91. The zero-order valence-electron chi connectivity index (χ0n) is 12.0. The van der Waals surface area contributed by atoms with Gasteiger partial charge in [0.25, 0.3) is 0 Å². The van der Waals surface area contributed by atoms with E-state index < -0.39 is 10.8 Å². The average molecular weight is 332 g/mol. The summed E-state index contributed by atoms with van der Waals surface area (Å²) in [5.74, 6) is 1.55. The lowest BCUT2D eigenvalue weighted by molar-refractivity contribution is 0.540. The van der Waals surface area contributed by atoms with Crippen LogP contribution in [0.5, 0.6) is 0 Å². The van der Waals surface area contributed by atoms with Crippen molar-refractivity contribution in [3.63, 3.8) is 0 Å². The average Bonchev–Trinajstić information content (AvgIpc) is 2.89. The predicted molar refractivity (Wildman–Crippen MR) is 88.2 cm³/mol. The molecule has 5 heteroatoms. The maximum Gasteiger partial charge on any atom is 0.226 e. The first-order chi connectivity index (χ1) is 10.6. The van der Waals surface area contributed by atoms with Crippen molar-refractivity contribution in [2.75, 3.05) is 0 Å². The highest BCUT2D eigenvalue weighted by atomic mass is 35.5. The summed E-state index contributed by atoms with van der Waals surface area (Å²) in [7, 11) is -1.20. The van der Waals surface area contributed by atoms with E-state index in [9.17, 15) is 4.21 Å². The van der Waals surface area contributed by atoms with E-state index in [0.29, 0.717) is 33.0 Å². The van der Waals surface area contributed by atoms with E-state index in [1.165, 1.54) is 0 Å². The zero-order valence-corrected chi connectivity index (χ0v) is 13.5. The van der Waals surface area contributed by atoms with Crippen LogP contribution in [0.1, 0.15) is 11.5 Å². The van der Waals surface area contributed by atoms with Gasteiger partial charge in [-0.2, -0.15) is 0 Å². The van der Waals surface area contributed by atoms with Gasteiger partial charge in [-0.15, -0.1) is 0 Å². The topological polar surface area (TPSA) is 43.1 Å². The second-order valence-corrected chi connectivity index (χ2v) is 6.72. The van der Waals surface area contributed by atoms with E-state index >= 15 is 0 Å². The van der Waals surface area contributed by atoms with E-state index in [-0.39, 0.29) is 0 Å². The summed E-state index contributed by atoms with van der Waals surface area (Å²) in [5.41, 5.74) is 1.61. The van der Waals surface area contributed by atoms with Crippen molar-refractivity contribution in [1.82, 2.24) is 4.98 Å². The first-order valence-corrected chi connectivity index (χ1v) is 8.49. The van der Waals surface area contributed by atoms with E-state index in [1.807, 2.05) is 37.3 Å². The Morgan fingerprint density at radius 1 is 1.14 bits per heavy atom. The lowest BCUT2D eigenvalue weighted by Gasteiger charge is -2.01. The minimum atomic E-state index is -1.20. The maximum atomic E-state index is 12.4. The Balaban J connectivity index is 1.84. The Morgan fingerprint density at radius 2 is 1.91 bits per heavy atom. The van der Waals surface area contributed by atoms with Crippen LogP contribution in [0.2, 0.25) is 5.02 Å². The number of oxazole rings is 1. The Labute approximate surface area is 136 Å². The predicted octanol–water partition coefficient (Wildman–Crippen LogP) is 4.61. The molecule has 1 unspecified atom stereocenters. The molecule has 0 aliphatic heterocycles. The minimum absolute atomic E-state index is 0.308. The molecule has 0 N–H and O–H groups in total. The third-order valence-electron chi connectivity index (χ3n) is 3.24.